The van der Waals surface area contributed by atoms with Crippen molar-refractivity contribution >= 4 is 18.5 Å². The zero-order valence-electron chi connectivity index (χ0n) is 10.7. The van der Waals surface area contributed by atoms with Crippen LogP contribution in [0.3, 0.4) is 0 Å². The van der Waals surface area contributed by atoms with E-state index in [-0.39, 0.29) is 30.0 Å². The van der Waals surface area contributed by atoms with E-state index in [0.29, 0.717) is 6.61 Å². The number of rotatable bonds is 2. The van der Waals surface area contributed by atoms with Gasteiger partial charge in [-0.15, -0.1) is 12.4 Å². The molecule has 4 nitrogen and oxygen atoms in total. The van der Waals surface area contributed by atoms with Gasteiger partial charge in [0.15, 0.2) is 0 Å². The second-order valence-electron chi connectivity index (χ2n) is 4.88. The lowest BCUT2D eigenvalue weighted by molar-refractivity contribution is 0.0381. The first-order valence-corrected chi connectivity index (χ1v) is 5.61. The van der Waals surface area contributed by atoms with Gasteiger partial charge in [0.2, 0.25) is 0 Å². The number of cyclic esters (lactones) is 1. The number of amides is 1. The number of ether oxygens (including phenoxy) is 2. The Morgan fingerprint density at radius 3 is 2.72 bits per heavy atom. The summed E-state index contributed by atoms with van der Waals surface area (Å²) < 4.78 is 10.4. The van der Waals surface area contributed by atoms with Gasteiger partial charge in [-0.2, -0.15) is 0 Å². The Kier molecular flexibility index (Phi) is 4.46. The molecule has 1 N–H and O–H groups in total. The number of carbonyl (C=O) groups is 1. The van der Waals surface area contributed by atoms with E-state index < -0.39 is 0 Å². The minimum absolute atomic E-state index is 0. The third kappa shape index (κ3) is 2.70. The van der Waals surface area contributed by atoms with Gasteiger partial charge in [-0.05, 0) is 6.07 Å². The number of nitrogens with one attached hydrogen (secondary N) is 1. The van der Waals surface area contributed by atoms with Crippen molar-refractivity contribution in [2.75, 3.05) is 13.7 Å². The molecule has 1 heterocycles. The molecule has 100 valence electrons. The Morgan fingerprint density at radius 2 is 2.06 bits per heavy atom. The van der Waals surface area contributed by atoms with Gasteiger partial charge in [0.05, 0.1) is 13.2 Å². The number of alkyl carbamates (subject to hydrolysis) is 1. The molecule has 1 aromatic rings. The van der Waals surface area contributed by atoms with Gasteiger partial charge in [-0.25, -0.2) is 4.79 Å². The van der Waals surface area contributed by atoms with Crippen molar-refractivity contribution in [1.82, 2.24) is 5.32 Å². The summed E-state index contributed by atoms with van der Waals surface area (Å²) in [7, 11) is 1.63. The zero-order chi connectivity index (χ0) is 12.5. The summed E-state index contributed by atoms with van der Waals surface area (Å²) in [5.74, 6) is 0.785. The molecule has 0 aromatic heterocycles. The average Bonchev–Trinajstić information content (AvgIpc) is 2.32. The zero-order valence-corrected chi connectivity index (χ0v) is 11.5. The summed E-state index contributed by atoms with van der Waals surface area (Å²) in [5.41, 5.74) is 0.819. The lowest BCUT2D eigenvalue weighted by Gasteiger charge is -2.38. The van der Waals surface area contributed by atoms with Crippen LogP contribution < -0.4 is 10.1 Å². The molecule has 5 heteroatoms. The van der Waals surface area contributed by atoms with Crippen LogP contribution in [0, 0.1) is 5.41 Å². The fourth-order valence-electron chi connectivity index (χ4n) is 2.09. The lowest BCUT2D eigenvalue weighted by Crippen LogP contribution is -2.47. The number of hydrogen-bond donors (Lipinski definition) is 1. The highest BCUT2D eigenvalue weighted by Crippen LogP contribution is 2.39. The normalized spacial score (nSPS) is 21.3. The molecule has 0 radical (unpaired) electrons. The van der Waals surface area contributed by atoms with E-state index in [2.05, 4.69) is 19.2 Å². The van der Waals surface area contributed by atoms with Crippen LogP contribution in [-0.2, 0) is 4.74 Å². The Hall–Kier alpha value is -1.42. The second kappa shape index (κ2) is 5.48. The van der Waals surface area contributed by atoms with E-state index in [1.807, 2.05) is 24.3 Å². The van der Waals surface area contributed by atoms with Crippen molar-refractivity contribution in [2.24, 2.45) is 5.41 Å². The quantitative estimate of drug-likeness (QED) is 0.900. The van der Waals surface area contributed by atoms with Crippen molar-refractivity contribution in [3.05, 3.63) is 29.8 Å². The Labute approximate surface area is 113 Å². The first kappa shape index (κ1) is 14.6. The summed E-state index contributed by atoms with van der Waals surface area (Å²) >= 11 is 0. The van der Waals surface area contributed by atoms with E-state index in [4.69, 9.17) is 9.47 Å². The fourth-order valence-corrected chi connectivity index (χ4v) is 2.09. The molecular formula is C13H18ClNO3. The summed E-state index contributed by atoms with van der Waals surface area (Å²) in [6.45, 7) is 4.52. The molecule has 1 aromatic carbocycles. The molecule has 1 aliphatic heterocycles. The van der Waals surface area contributed by atoms with Crippen LogP contribution in [-0.4, -0.2) is 19.8 Å². The van der Waals surface area contributed by atoms with Gasteiger partial charge in [0, 0.05) is 11.0 Å². The van der Waals surface area contributed by atoms with E-state index in [1.54, 1.807) is 7.11 Å². The maximum atomic E-state index is 11.4. The molecule has 2 rings (SSSR count). The molecular weight excluding hydrogens is 254 g/mol. The first-order chi connectivity index (χ1) is 8.04. The molecule has 1 atom stereocenters. The summed E-state index contributed by atoms with van der Waals surface area (Å²) in [5, 5.41) is 2.86. The fraction of sp³-hybridized carbons (Fsp3) is 0.462. The van der Waals surface area contributed by atoms with Crippen molar-refractivity contribution in [3.8, 4) is 5.75 Å². The second-order valence-corrected chi connectivity index (χ2v) is 4.88. The molecule has 0 aliphatic carbocycles. The molecule has 0 bridgehead atoms. The van der Waals surface area contributed by atoms with Gasteiger partial charge >= 0.3 is 6.09 Å². The molecule has 1 saturated heterocycles. The smallest absolute Gasteiger partial charge is 0.407 e. The third-order valence-corrected chi connectivity index (χ3v) is 3.07. The van der Waals surface area contributed by atoms with E-state index in [0.717, 1.165) is 11.3 Å². The predicted molar refractivity (Wildman–Crippen MR) is 71.2 cm³/mol. The summed E-state index contributed by atoms with van der Waals surface area (Å²) in [6.07, 6.45) is -0.375. The van der Waals surface area contributed by atoms with Gasteiger partial charge in [0.1, 0.15) is 12.4 Å². The summed E-state index contributed by atoms with van der Waals surface area (Å²) in [4.78, 5) is 11.4. The minimum atomic E-state index is -0.375. The molecule has 0 spiro atoms. The third-order valence-electron chi connectivity index (χ3n) is 3.07. The highest BCUT2D eigenvalue weighted by atomic mass is 35.5. The largest absolute Gasteiger partial charge is 0.496 e. The maximum absolute atomic E-state index is 11.4. The first-order valence-electron chi connectivity index (χ1n) is 5.61. The molecule has 18 heavy (non-hydrogen) atoms. The van der Waals surface area contributed by atoms with E-state index >= 15 is 0 Å². The van der Waals surface area contributed by atoms with Crippen LogP contribution in [0.15, 0.2) is 24.3 Å². The van der Waals surface area contributed by atoms with Crippen molar-refractivity contribution in [2.45, 2.75) is 19.9 Å². The van der Waals surface area contributed by atoms with E-state index in [1.165, 1.54) is 0 Å². The number of benzene rings is 1. The van der Waals surface area contributed by atoms with Crippen LogP contribution in [0.5, 0.6) is 5.75 Å². The number of methoxy groups -OCH3 is 1. The number of para-hydroxylation sites is 1. The van der Waals surface area contributed by atoms with E-state index in [9.17, 15) is 4.79 Å². The van der Waals surface area contributed by atoms with Crippen LogP contribution in [0.1, 0.15) is 25.5 Å². The van der Waals surface area contributed by atoms with Crippen LogP contribution >= 0.6 is 12.4 Å². The molecule has 0 saturated carbocycles. The van der Waals surface area contributed by atoms with Gasteiger partial charge < -0.3 is 14.8 Å². The average molecular weight is 272 g/mol. The lowest BCUT2D eigenvalue weighted by atomic mass is 9.80. The van der Waals surface area contributed by atoms with Crippen molar-refractivity contribution in [1.29, 1.82) is 0 Å². The highest BCUT2D eigenvalue weighted by Gasteiger charge is 2.39. The van der Waals surface area contributed by atoms with Crippen LogP contribution in [0.2, 0.25) is 0 Å². The van der Waals surface area contributed by atoms with Gasteiger partial charge in [0.25, 0.3) is 0 Å². The Balaban J connectivity index is 0.00000162. The maximum Gasteiger partial charge on any atom is 0.407 e. The van der Waals surface area contributed by atoms with Gasteiger partial charge in [-0.3, -0.25) is 0 Å². The monoisotopic (exact) mass is 271 g/mol. The summed E-state index contributed by atoms with van der Waals surface area (Å²) in [6, 6.07) is 7.62. The van der Waals surface area contributed by atoms with Crippen molar-refractivity contribution in [3.63, 3.8) is 0 Å². The molecule has 1 aliphatic rings. The topological polar surface area (TPSA) is 47.6 Å². The number of hydrogen-bond acceptors (Lipinski definition) is 3. The molecule has 1 fully saturated rings. The van der Waals surface area contributed by atoms with Crippen LogP contribution in [0.25, 0.3) is 0 Å². The molecule has 0 unspecified atom stereocenters. The predicted octanol–water partition coefficient (Wildman–Crippen LogP) is 2.92. The Morgan fingerprint density at radius 1 is 1.39 bits per heavy atom. The van der Waals surface area contributed by atoms with Gasteiger partial charge in [-0.1, -0.05) is 32.0 Å². The standard InChI is InChI=1S/C13H17NO3.ClH/c1-13(2)8-17-12(15)14-11(13)9-6-4-5-7-10(9)16-3;/h4-7,11H,8H2,1-3H3,(H,14,15);1H/t11-;/m0./s1. The van der Waals surface area contributed by atoms with Crippen molar-refractivity contribution < 1.29 is 14.3 Å². The highest BCUT2D eigenvalue weighted by molar-refractivity contribution is 5.85. The SMILES string of the molecule is COc1ccccc1[C@@H]1NC(=O)OCC1(C)C.Cl. The Bertz CT molecular complexity index is 434. The van der Waals surface area contributed by atoms with Crippen LogP contribution in [0.4, 0.5) is 4.79 Å². The number of halogens is 1. The molecule has 1 amide bonds. The minimum Gasteiger partial charge on any atom is -0.496 e. The number of carbonyl (C=O) groups excluding carboxylic acids is 1.